The van der Waals surface area contributed by atoms with Crippen molar-refractivity contribution in [3.05, 3.63) is 65.5 Å². The van der Waals surface area contributed by atoms with Gasteiger partial charge < -0.3 is 20.0 Å². The minimum absolute atomic E-state index is 0.0949. The van der Waals surface area contributed by atoms with E-state index in [0.29, 0.717) is 0 Å². The number of nitriles is 2. The van der Waals surface area contributed by atoms with Crippen LogP contribution < -0.4 is 10.2 Å². The first kappa shape index (κ1) is 24.3. The molecule has 0 aromatic heterocycles. The summed E-state index contributed by atoms with van der Waals surface area (Å²) in [5.41, 5.74) is 1.95. The summed E-state index contributed by atoms with van der Waals surface area (Å²) in [5, 5.41) is 20.5. The Labute approximate surface area is 185 Å². The van der Waals surface area contributed by atoms with Crippen molar-refractivity contribution < 1.29 is 4.39 Å². The van der Waals surface area contributed by atoms with Crippen LogP contribution in [0.25, 0.3) is 0 Å². The van der Waals surface area contributed by atoms with Gasteiger partial charge in [0.1, 0.15) is 18.0 Å². The van der Waals surface area contributed by atoms with Crippen molar-refractivity contribution >= 4 is 5.69 Å². The summed E-state index contributed by atoms with van der Waals surface area (Å²) >= 11 is 0. The number of anilines is 1. The number of piperazine rings is 2. The molecule has 0 amide bonds. The molecule has 6 nitrogen and oxygen atoms in total. The van der Waals surface area contributed by atoms with Gasteiger partial charge in [-0.15, -0.1) is 0 Å². The molecule has 0 spiro atoms. The van der Waals surface area contributed by atoms with Crippen molar-refractivity contribution in [3.8, 4) is 12.1 Å². The highest BCUT2D eigenvalue weighted by molar-refractivity contribution is 5.59. The zero-order valence-corrected chi connectivity index (χ0v) is 18.4. The molecule has 2 heterocycles. The predicted octanol–water partition coefficient (Wildman–Crippen LogP) is 2.53. The van der Waals surface area contributed by atoms with Crippen molar-refractivity contribution in [2.45, 2.75) is 0 Å². The fourth-order valence-electron chi connectivity index (χ4n) is 3.22. The molecular weight excluding hydrogens is 391 g/mol. The molecule has 2 aromatic rings. The molecule has 0 atom stereocenters. The van der Waals surface area contributed by atoms with Gasteiger partial charge in [-0.25, -0.2) is 4.39 Å². The molecule has 2 fully saturated rings. The molecule has 1 N–H and O–H groups in total. The third-order valence-electron chi connectivity index (χ3n) is 5.20. The predicted molar refractivity (Wildman–Crippen MR) is 122 cm³/mol. The second-order valence-electron chi connectivity index (χ2n) is 7.56. The van der Waals surface area contributed by atoms with E-state index in [4.69, 9.17) is 10.5 Å². The number of hydrogen-bond acceptors (Lipinski definition) is 6. The zero-order chi connectivity index (χ0) is 22.5. The summed E-state index contributed by atoms with van der Waals surface area (Å²) in [6.07, 6.45) is 0. The van der Waals surface area contributed by atoms with E-state index in [-0.39, 0.29) is 5.56 Å². The highest BCUT2D eigenvalue weighted by Gasteiger charge is 2.16. The highest BCUT2D eigenvalue weighted by Crippen LogP contribution is 2.20. The molecule has 31 heavy (non-hydrogen) atoms. The Hall–Kier alpha value is -2.97. The maximum absolute atomic E-state index is 12.4. The van der Waals surface area contributed by atoms with E-state index in [1.54, 1.807) is 18.2 Å². The van der Waals surface area contributed by atoms with Gasteiger partial charge in [-0.3, -0.25) is 0 Å². The van der Waals surface area contributed by atoms with Gasteiger partial charge in [0.15, 0.2) is 0 Å². The molecule has 2 aliphatic heterocycles. The first-order chi connectivity index (χ1) is 15.0. The van der Waals surface area contributed by atoms with Crippen LogP contribution in [0.15, 0.2) is 48.5 Å². The fraction of sp³-hybridized carbons (Fsp3) is 0.417. The van der Waals surface area contributed by atoms with E-state index in [0.717, 1.165) is 50.5 Å². The van der Waals surface area contributed by atoms with Gasteiger partial charge in [0, 0.05) is 52.4 Å². The molecule has 2 saturated heterocycles. The Balaban J connectivity index is 0.000000181. The first-order valence-corrected chi connectivity index (χ1v) is 10.5. The molecule has 0 radical (unpaired) electrons. The van der Waals surface area contributed by atoms with Crippen molar-refractivity contribution in [1.82, 2.24) is 15.1 Å². The lowest BCUT2D eigenvalue weighted by Crippen LogP contribution is -2.44. The molecule has 0 aliphatic carbocycles. The number of nitrogens with zero attached hydrogens (tertiary/aromatic N) is 5. The van der Waals surface area contributed by atoms with Crippen LogP contribution >= 0.6 is 0 Å². The average molecular weight is 423 g/mol. The Morgan fingerprint density at radius 3 is 1.74 bits per heavy atom. The van der Waals surface area contributed by atoms with Crippen LogP contribution in [0.1, 0.15) is 11.1 Å². The molecular formula is C24H31FN6. The standard InChI is InChI=1S/C12H15N3.C7H4FN.C5H12N2/c1-14-6-8-15(9-7-14)12-5-3-2-4-11(12)10-13;8-7-4-2-1-3-6(7)5-9;1-7-4-2-6-3-5-7/h2-5H,6-9H2,1H3;1-4H;6H,2-5H2,1H3. The summed E-state index contributed by atoms with van der Waals surface area (Å²) in [6.45, 7) is 8.90. The minimum Gasteiger partial charge on any atom is -0.368 e. The number of rotatable bonds is 1. The monoisotopic (exact) mass is 422 g/mol. The summed E-state index contributed by atoms with van der Waals surface area (Å²) in [6, 6.07) is 17.7. The van der Waals surface area contributed by atoms with Crippen molar-refractivity contribution in [3.63, 3.8) is 0 Å². The fourth-order valence-corrected chi connectivity index (χ4v) is 3.22. The summed E-state index contributed by atoms with van der Waals surface area (Å²) in [4.78, 5) is 6.93. The lowest BCUT2D eigenvalue weighted by molar-refractivity contribution is 0.291. The van der Waals surface area contributed by atoms with Gasteiger partial charge in [-0.1, -0.05) is 24.3 Å². The molecule has 2 aromatic carbocycles. The maximum atomic E-state index is 12.4. The quantitative estimate of drug-likeness (QED) is 0.762. The van der Waals surface area contributed by atoms with Crippen LogP contribution in [0.2, 0.25) is 0 Å². The van der Waals surface area contributed by atoms with Gasteiger partial charge in [0.05, 0.1) is 16.8 Å². The van der Waals surface area contributed by atoms with Gasteiger partial charge in [-0.05, 0) is 38.4 Å². The van der Waals surface area contributed by atoms with E-state index < -0.39 is 5.82 Å². The number of halogens is 1. The third-order valence-corrected chi connectivity index (χ3v) is 5.20. The van der Waals surface area contributed by atoms with Crippen molar-refractivity contribution in [2.24, 2.45) is 0 Å². The lowest BCUT2D eigenvalue weighted by atomic mass is 10.1. The van der Waals surface area contributed by atoms with Crippen LogP contribution in [-0.2, 0) is 0 Å². The molecule has 0 bridgehead atoms. The van der Waals surface area contributed by atoms with E-state index >= 15 is 0 Å². The topological polar surface area (TPSA) is 69.3 Å². The number of benzene rings is 2. The van der Waals surface area contributed by atoms with Crippen LogP contribution in [0.5, 0.6) is 0 Å². The van der Waals surface area contributed by atoms with E-state index in [9.17, 15) is 4.39 Å². The first-order valence-electron chi connectivity index (χ1n) is 10.5. The van der Waals surface area contributed by atoms with Crippen LogP contribution in [0.3, 0.4) is 0 Å². The Morgan fingerprint density at radius 2 is 1.26 bits per heavy atom. The molecule has 4 rings (SSSR count). The van der Waals surface area contributed by atoms with Crippen LogP contribution in [0, 0.1) is 28.5 Å². The van der Waals surface area contributed by atoms with Gasteiger partial charge in [-0.2, -0.15) is 10.5 Å². The largest absolute Gasteiger partial charge is 0.368 e. The normalized spacial score (nSPS) is 16.6. The third kappa shape index (κ3) is 8.35. The van der Waals surface area contributed by atoms with E-state index in [1.165, 1.54) is 25.2 Å². The number of nitrogens with one attached hydrogen (secondary N) is 1. The second kappa shape index (κ2) is 13.4. The average Bonchev–Trinajstić information content (AvgIpc) is 2.81. The van der Waals surface area contributed by atoms with Crippen LogP contribution in [0.4, 0.5) is 10.1 Å². The number of para-hydroxylation sites is 1. The summed E-state index contributed by atoms with van der Waals surface area (Å²) in [7, 11) is 4.29. The smallest absolute Gasteiger partial charge is 0.140 e. The summed E-state index contributed by atoms with van der Waals surface area (Å²) < 4.78 is 12.4. The van der Waals surface area contributed by atoms with Gasteiger partial charge in [0.25, 0.3) is 0 Å². The number of likely N-dealkylation sites (N-methyl/N-ethyl adjacent to an activating group) is 2. The number of hydrogen-bond donors (Lipinski definition) is 1. The van der Waals surface area contributed by atoms with Gasteiger partial charge in [0.2, 0.25) is 0 Å². The Kier molecular flexibility index (Phi) is 10.5. The van der Waals surface area contributed by atoms with Crippen molar-refractivity contribution in [2.75, 3.05) is 71.4 Å². The van der Waals surface area contributed by atoms with Crippen LogP contribution in [-0.4, -0.2) is 76.3 Å². The molecule has 7 heteroatoms. The molecule has 0 saturated carbocycles. The maximum Gasteiger partial charge on any atom is 0.140 e. The zero-order valence-electron chi connectivity index (χ0n) is 18.4. The molecule has 0 unspecified atom stereocenters. The SMILES string of the molecule is CN1CCN(c2ccccc2C#N)CC1.CN1CCNCC1.N#Cc1ccccc1F. The lowest BCUT2D eigenvalue weighted by Gasteiger charge is -2.34. The second-order valence-corrected chi connectivity index (χ2v) is 7.56. The molecule has 164 valence electrons. The Bertz CT molecular complexity index is 874. The highest BCUT2D eigenvalue weighted by atomic mass is 19.1. The van der Waals surface area contributed by atoms with Crippen molar-refractivity contribution in [1.29, 1.82) is 10.5 Å². The minimum atomic E-state index is -0.458. The van der Waals surface area contributed by atoms with E-state index in [1.807, 2.05) is 24.3 Å². The molecule has 2 aliphatic rings. The van der Waals surface area contributed by atoms with Gasteiger partial charge >= 0.3 is 0 Å². The van der Waals surface area contributed by atoms with E-state index in [2.05, 4.69) is 40.2 Å². The Morgan fingerprint density at radius 1 is 0.742 bits per heavy atom. The summed E-state index contributed by atoms with van der Waals surface area (Å²) in [5.74, 6) is -0.458.